The summed E-state index contributed by atoms with van der Waals surface area (Å²) in [5.41, 5.74) is 1.59. The van der Waals surface area contributed by atoms with Crippen LogP contribution in [0.15, 0.2) is 53.4 Å². The third-order valence-corrected chi connectivity index (χ3v) is 4.08. The Bertz CT molecular complexity index is 681. The highest BCUT2D eigenvalue weighted by Crippen LogP contribution is 2.20. The molecule has 0 saturated carbocycles. The van der Waals surface area contributed by atoms with Crippen LogP contribution in [0.3, 0.4) is 0 Å². The molecule has 0 fully saturated rings. The molecule has 1 N–H and O–H groups in total. The summed E-state index contributed by atoms with van der Waals surface area (Å²) in [4.78, 5) is 0.291. The van der Waals surface area contributed by atoms with Gasteiger partial charge in [0.1, 0.15) is 5.82 Å². The Hall–Kier alpha value is -1.88. The maximum atomic E-state index is 12.8. The highest BCUT2D eigenvalue weighted by molar-refractivity contribution is 7.90. The molecule has 0 atom stereocenters. The lowest BCUT2D eigenvalue weighted by Crippen LogP contribution is -2.09. The van der Waals surface area contributed by atoms with Gasteiger partial charge in [0.25, 0.3) is 0 Å². The van der Waals surface area contributed by atoms with E-state index in [9.17, 15) is 12.8 Å². The second-order valence-electron chi connectivity index (χ2n) is 4.57. The summed E-state index contributed by atoms with van der Waals surface area (Å²) >= 11 is 0. The molecule has 106 valence electrons. The first kappa shape index (κ1) is 14.5. The molecular weight excluding hydrogens is 277 g/mol. The lowest BCUT2D eigenvalue weighted by Gasteiger charge is -2.10. The molecule has 0 bridgehead atoms. The van der Waals surface area contributed by atoms with E-state index in [1.165, 1.54) is 18.4 Å². The van der Waals surface area contributed by atoms with Gasteiger partial charge in [-0.25, -0.2) is 12.8 Å². The van der Waals surface area contributed by atoms with Gasteiger partial charge in [0, 0.05) is 12.8 Å². The van der Waals surface area contributed by atoms with Crippen LogP contribution in [-0.2, 0) is 16.3 Å². The SMILES string of the molecule is CS(=O)(=O)c1ccccc1NCCc1ccc(F)cc1. The number of para-hydroxylation sites is 1. The van der Waals surface area contributed by atoms with Crippen LogP contribution in [0.4, 0.5) is 10.1 Å². The fourth-order valence-corrected chi connectivity index (χ4v) is 2.79. The number of rotatable bonds is 5. The van der Waals surface area contributed by atoms with Crippen LogP contribution in [-0.4, -0.2) is 21.2 Å². The molecule has 5 heteroatoms. The van der Waals surface area contributed by atoms with Gasteiger partial charge in [0.2, 0.25) is 0 Å². The summed E-state index contributed by atoms with van der Waals surface area (Å²) in [6, 6.07) is 13.1. The van der Waals surface area contributed by atoms with Crippen molar-refractivity contribution in [2.45, 2.75) is 11.3 Å². The van der Waals surface area contributed by atoms with Gasteiger partial charge in [-0.1, -0.05) is 24.3 Å². The lowest BCUT2D eigenvalue weighted by molar-refractivity contribution is 0.602. The molecule has 2 rings (SSSR count). The van der Waals surface area contributed by atoms with E-state index in [0.717, 1.165) is 5.56 Å². The molecule has 2 aromatic rings. The zero-order valence-corrected chi connectivity index (χ0v) is 12.0. The van der Waals surface area contributed by atoms with Crippen molar-refractivity contribution in [1.29, 1.82) is 0 Å². The van der Waals surface area contributed by atoms with E-state index in [-0.39, 0.29) is 5.82 Å². The van der Waals surface area contributed by atoms with E-state index in [4.69, 9.17) is 0 Å². The maximum Gasteiger partial charge on any atom is 0.177 e. The van der Waals surface area contributed by atoms with Gasteiger partial charge in [-0.3, -0.25) is 0 Å². The maximum absolute atomic E-state index is 12.8. The molecule has 0 aliphatic carbocycles. The minimum Gasteiger partial charge on any atom is -0.384 e. The van der Waals surface area contributed by atoms with Crippen molar-refractivity contribution in [3.05, 3.63) is 59.9 Å². The number of halogens is 1. The van der Waals surface area contributed by atoms with E-state index >= 15 is 0 Å². The van der Waals surface area contributed by atoms with Crippen LogP contribution in [0.2, 0.25) is 0 Å². The number of anilines is 1. The molecule has 0 spiro atoms. The molecule has 0 aromatic heterocycles. The van der Waals surface area contributed by atoms with Crippen LogP contribution in [0, 0.1) is 5.82 Å². The van der Waals surface area contributed by atoms with Gasteiger partial charge in [0.05, 0.1) is 10.6 Å². The van der Waals surface area contributed by atoms with E-state index < -0.39 is 9.84 Å². The van der Waals surface area contributed by atoms with Crippen LogP contribution in [0.5, 0.6) is 0 Å². The Balaban J connectivity index is 2.03. The average Bonchev–Trinajstić information content (AvgIpc) is 2.40. The van der Waals surface area contributed by atoms with E-state index in [0.29, 0.717) is 23.5 Å². The zero-order valence-electron chi connectivity index (χ0n) is 11.1. The molecule has 0 aliphatic heterocycles. The van der Waals surface area contributed by atoms with Gasteiger partial charge in [-0.05, 0) is 36.2 Å². The van der Waals surface area contributed by atoms with Gasteiger partial charge >= 0.3 is 0 Å². The van der Waals surface area contributed by atoms with Crippen LogP contribution >= 0.6 is 0 Å². The third kappa shape index (κ3) is 3.81. The second-order valence-corrected chi connectivity index (χ2v) is 6.56. The molecule has 3 nitrogen and oxygen atoms in total. The van der Waals surface area contributed by atoms with Crippen molar-refractivity contribution in [3.63, 3.8) is 0 Å². The number of hydrogen-bond acceptors (Lipinski definition) is 3. The standard InChI is InChI=1S/C15H16FNO2S/c1-20(18,19)15-5-3-2-4-14(15)17-11-10-12-6-8-13(16)9-7-12/h2-9,17H,10-11H2,1H3. The molecule has 2 aromatic carbocycles. The highest BCUT2D eigenvalue weighted by Gasteiger charge is 2.11. The minimum atomic E-state index is -3.25. The first-order valence-electron chi connectivity index (χ1n) is 6.24. The monoisotopic (exact) mass is 293 g/mol. The summed E-state index contributed by atoms with van der Waals surface area (Å²) < 4.78 is 36.1. The summed E-state index contributed by atoms with van der Waals surface area (Å²) in [5.74, 6) is -0.260. The molecular formula is C15H16FNO2S. The molecule has 0 unspecified atom stereocenters. The number of sulfone groups is 1. The normalized spacial score (nSPS) is 11.3. The predicted octanol–water partition coefficient (Wildman–Crippen LogP) is 2.88. The summed E-state index contributed by atoms with van der Waals surface area (Å²) in [6.07, 6.45) is 1.88. The summed E-state index contributed by atoms with van der Waals surface area (Å²) in [7, 11) is -3.25. The van der Waals surface area contributed by atoms with E-state index in [2.05, 4.69) is 5.32 Å². The Morgan fingerprint density at radius 1 is 1.05 bits per heavy atom. The molecule has 0 aliphatic rings. The van der Waals surface area contributed by atoms with Crippen LogP contribution in [0.25, 0.3) is 0 Å². The van der Waals surface area contributed by atoms with Gasteiger partial charge < -0.3 is 5.32 Å². The fraction of sp³-hybridized carbons (Fsp3) is 0.200. The van der Waals surface area contributed by atoms with E-state index in [1.807, 2.05) is 0 Å². The largest absolute Gasteiger partial charge is 0.384 e. The van der Waals surface area contributed by atoms with Crippen molar-refractivity contribution in [1.82, 2.24) is 0 Å². The Morgan fingerprint density at radius 3 is 2.35 bits per heavy atom. The van der Waals surface area contributed by atoms with Crippen molar-refractivity contribution >= 4 is 15.5 Å². The number of benzene rings is 2. The smallest absolute Gasteiger partial charge is 0.177 e. The topological polar surface area (TPSA) is 46.2 Å². The van der Waals surface area contributed by atoms with Crippen LogP contribution in [0.1, 0.15) is 5.56 Å². The molecule has 20 heavy (non-hydrogen) atoms. The average molecular weight is 293 g/mol. The van der Waals surface area contributed by atoms with Gasteiger partial charge in [0.15, 0.2) is 9.84 Å². The zero-order chi connectivity index (χ0) is 14.6. The van der Waals surface area contributed by atoms with E-state index in [1.54, 1.807) is 36.4 Å². The lowest BCUT2D eigenvalue weighted by atomic mass is 10.1. The Labute approximate surface area is 118 Å². The summed E-state index contributed by atoms with van der Waals surface area (Å²) in [5, 5.41) is 3.11. The van der Waals surface area contributed by atoms with Crippen molar-refractivity contribution in [3.8, 4) is 0 Å². The Kier molecular flexibility index (Phi) is 4.39. The fourth-order valence-electron chi connectivity index (χ4n) is 1.93. The molecule has 0 amide bonds. The van der Waals surface area contributed by atoms with Crippen molar-refractivity contribution in [2.24, 2.45) is 0 Å². The Morgan fingerprint density at radius 2 is 1.70 bits per heavy atom. The number of hydrogen-bond donors (Lipinski definition) is 1. The molecule has 0 radical (unpaired) electrons. The quantitative estimate of drug-likeness (QED) is 0.922. The minimum absolute atomic E-state index is 0.260. The number of nitrogens with one attached hydrogen (secondary N) is 1. The van der Waals surface area contributed by atoms with Crippen molar-refractivity contribution < 1.29 is 12.8 Å². The van der Waals surface area contributed by atoms with Crippen molar-refractivity contribution in [2.75, 3.05) is 18.1 Å². The highest BCUT2D eigenvalue weighted by atomic mass is 32.2. The third-order valence-electron chi connectivity index (χ3n) is 2.93. The molecule has 0 heterocycles. The second kappa shape index (κ2) is 6.05. The first-order valence-corrected chi connectivity index (χ1v) is 8.13. The van der Waals surface area contributed by atoms with Crippen LogP contribution < -0.4 is 5.32 Å². The molecule has 0 saturated heterocycles. The van der Waals surface area contributed by atoms with Gasteiger partial charge in [-0.15, -0.1) is 0 Å². The first-order chi connectivity index (χ1) is 9.47. The van der Waals surface area contributed by atoms with Gasteiger partial charge in [-0.2, -0.15) is 0 Å². The summed E-state index contributed by atoms with van der Waals surface area (Å²) in [6.45, 7) is 0.582. The predicted molar refractivity (Wildman–Crippen MR) is 78.1 cm³/mol.